The van der Waals surface area contributed by atoms with Crippen LogP contribution in [-0.2, 0) is 6.54 Å². The lowest BCUT2D eigenvalue weighted by molar-refractivity contribution is 0.732. The molecule has 0 bridgehead atoms. The Labute approximate surface area is 128 Å². The van der Waals surface area contributed by atoms with Crippen molar-refractivity contribution in [3.8, 4) is 0 Å². The monoisotopic (exact) mass is 282 g/mol. The maximum absolute atomic E-state index is 5.71. The van der Waals surface area contributed by atoms with Gasteiger partial charge in [0.15, 0.2) is 0 Å². The highest BCUT2D eigenvalue weighted by molar-refractivity contribution is 5.49. The van der Waals surface area contributed by atoms with Crippen LogP contribution in [0.1, 0.15) is 28.7 Å². The van der Waals surface area contributed by atoms with E-state index >= 15 is 0 Å². The third-order valence-corrected chi connectivity index (χ3v) is 4.02. The van der Waals surface area contributed by atoms with Crippen molar-refractivity contribution >= 4 is 5.69 Å². The summed E-state index contributed by atoms with van der Waals surface area (Å²) < 4.78 is 0. The fraction of sp³-hybridized carbons (Fsp3) is 0.368. The average molecular weight is 282 g/mol. The van der Waals surface area contributed by atoms with E-state index in [0.29, 0.717) is 0 Å². The molecule has 2 rings (SSSR count). The van der Waals surface area contributed by atoms with Crippen molar-refractivity contribution in [1.82, 2.24) is 0 Å². The van der Waals surface area contributed by atoms with E-state index < -0.39 is 0 Å². The maximum Gasteiger partial charge on any atom is 0.0434 e. The summed E-state index contributed by atoms with van der Waals surface area (Å²) in [5.74, 6) is 0. The molecule has 0 aliphatic carbocycles. The number of aryl methyl sites for hydroxylation is 3. The molecule has 0 radical (unpaired) electrons. The van der Waals surface area contributed by atoms with Crippen molar-refractivity contribution in [2.24, 2.45) is 5.73 Å². The molecule has 0 aliphatic rings. The first-order valence-corrected chi connectivity index (χ1v) is 7.68. The molecular formula is C19H26N2. The van der Waals surface area contributed by atoms with Gasteiger partial charge in [0.1, 0.15) is 0 Å². The third-order valence-electron chi connectivity index (χ3n) is 4.02. The highest BCUT2D eigenvalue weighted by Gasteiger charge is 2.10. The Bertz CT molecular complexity index is 552. The topological polar surface area (TPSA) is 29.3 Å². The molecule has 2 aromatic rings. The highest BCUT2D eigenvalue weighted by atomic mass is 15.1. The summed E-state index contributed by atoms with van der Waals surface area (Å²) in [5, 5.41) is 0. The van der Waals surface area contributed by atoms with Crippen molar-refractivity contribution in [1.29, 1.82) is 0 Å². The standard InChI is InChI=1S/C19H26N2/c1-15-8-10-18(11-9-15)21(13-5-12-20)14-19-16(2)6-4-7-17(19)3/h4,6-11H,5,12-14,20H2,1-3H3. The largest absolute Gasteiger partial charge is 0.367 e. The molecule has 21 heavy (non-hydrogen) atoms. The van der Waals surface area contributed by atoms with E-state index in [1.165, 1.54) is 27.9 Å². The maximum atomic E-state index is 5.71. The molecule has 0 heterocycles. The molecule has 2 heteroatoms. The molecule has 0 spiro atoms. The quantitative estimate of drug-likeness (QED) is 0.868. The van der Waals surface area contributed by atoms with Gasteiger partial charge in [0.05, 0.1) is 0 Å². The van der Waals surface area contributed by atoms with Crippen LogP contribution >= 0.6 is 0 Å². The van der Waals surface area contributed by atoms with Crippen LogP contribution in [0.15, 0.2) is 42.5 Å². The second kappa shape index (κ2) is 7.28. The molecular weight excluding hydrogens is 256 g/mol. The lowest BCUT2D eigenvalue weighted by Gasteiger charge is -2.26. The van der Waals surface area contributed by atoms with Crippen LogP contribution < -0.4 is 10.6 Å². The number of hydrogen-bond acceptors (Lipinski definition) is 2. The SMILES string of the molecule is Cc1ccc(N(CCCN)Cc2c(C)cccc2C)cc1. The minimum Gasteiger partial charge on any atom is -0.367 e. The van der Waals surface area contributed by atoms with E-state index in [1.807, 2.05) is 0 Å². The second-order valence-corrected chi connectivity index (χ2v) is 5.77. The van der Waals surface area contributed by atoms with Crippen LogP contribution in [0.3, 0.4) is 0 Å². The Morgan fingerprint density at radius 2 is 1.52 bits per heavy atom. The van der Waals surface area contributed by atoms with Gasteiger partial charge in [-0.25, -0.2) is 0 Å². The molecule has 0 atom stereocenters. The van der Waals surface area contributed by atoms with Gasteiger partial charge in [0.2, 0.25) is 0 Å². The second-order valence-electron chi connectivity index (χ2n) is 5.77. The van der Waals surface area contributed by atoms with Crippen LogP contribution in [-0.4, -0.2) is 13.1 Å². The van der Waals surface area contributed by atoms with Crippen molar-refractivity contribution in [2.45, 2.75) is 33.7 Å². The number of rotatable bonds is 6. The summed E-state index contributed by atoms with van der Waals surface area (Å²) in [6.45, 7) is 9.18. The number of benzene rings is 2. The van der Waals surface area contributed by atoms with Crippen LogP contribution in [0.2, 0.25) is 0 Å². The van der Waals surface area contributed by atoms with E-state index in [1.54, 1.807) is 0 Å². The Hall–Kier alpha value is -1.80. The minimum absolute atomic E-state index is 0.731. The Morgan fingerprint density at radius 1 is 0.905 bits per heavy atom. The summed E-state index contributed by atoms with van der Waals surface area (Å²) in [6, 6.07) is 15.3. The van der Waals surface area contributed by atoms with E-state index in [4.69, 9.17) is 5.73 Å². The highest BCUT2D eigenvalue weighted by Crippen LogP contribution is 2.22. The first-order chi connectivity index (χ1) is 10.1. The van der Waals surface area contributed by atoms with Crippen molar-refractivity contribution < 1.29 is 0 Å². The lowest BCUT2D eigenvalue weighted by atomic mass is 10.0. The first-order valence-electron chi connectivity index (χ1n) is 7.68. The molecule has 0 aromatic heterocycles. The van der Waals surface area contributed by atoms with Gasteiger partial charge in [-0.2, -0.15) is 0 Å². The number of anilines is 1. The normalized spacial score (nSPS) is 10.7. The van der Waals surface area contributed by atoms with E-state index in [2.05, 4.69) is 68.1 Å². The van der Waals surface area contributed by atoms with Gasteiger partial charge < -0.3 is 10.6 Å². The van der Waals surface area contributed by atoms with Crippen LogP contribution in [0, 0.1) is 20.8 Å². The summed E-state index contributed by atoms with van der Waals surface area (Å²) in [6.07, 6.45) is 1.01. The lowest BCUT2D eigenvalue weighted by Crippen LogP contribution is -2.26. The number of nitrogens with zero attached hydrogens (tertiary/aromatic N) is 1. The Balaban J connectivity index is 2.26. The average Bonchev–Trinajstić information content (AvgIpc) is 2.47. The first kappa shape index (κ1) is 15.6. The zero-order chi connectivity index (χ0) is 15.2. The fourth-order valence-electron chi connectivity index (χ4n) is 2.63. The summed E-state index contributed by atoms with van der Waals surface area (Å²) >= 11 is 0. The predicted octanol–water partition coefficient (Wildman–Crippen LogP) is 3.97. The molecule has 2 aromatic carbocycles. The fourth-order valence-corrected chi connectivity index (χ4v) is 2.63. The van der Waals surface area contributed by atoms with E-state index in [0.717, 1.165) is 26.1 Å². The Kier molecular flexibility index (Phi) is 5.40. The summed E-state index contributed by atoms with van der Waals surface area (Å²) in [7, 11) is 0. The van der Waals surface area contributed by atoms with Crippen molar-refractivity contribution in [3.05, 3.63) is 64.7 Å². The van der Waals surface area contributed by atoms with Gasteiger partial charge in [-0.05, 0) is 62.6 Å². The van der Waals surface area contributed by atoms with Crippen LogP contribution in [0.5, 0.6) is 0 Å². The summed E-state index contributed by atoms with van der Waals surface area (Å²) in [5.41, 5.74) is 12.4. The number of nitrogens with two attached hydrogens (primary N) is 1. The van der Waals surface area contributed by atoms with Gasteiger partial charge in [-0.1, -0.05) is 35.9 Å². The molecule has 0 saturated heterocycles. The molecule has 0 amide bonds. The smallest absolute Gasteiger partial charge is 0.0434 e. The van der Waals surface area contributed by atoms with Gasteiger partial charge in [-0.15, -0.1) is 0 Å². The molecule has 0 aliphatic heterocycles. The third kappa shape index (κ3) is 4.08. The zero-order valence-corrected chi connectivity index (χ0v) is 13.4. The van der Waals surface area contributed by atoms with Crippen molar-refractivity contribution in [2.75, 3.05) is 18.0 Å². The minimum atomic E-state index is 0.731. The van der Waals surface area contributed by atoms with Gasteiger partial charge >= 0.3 is 0 Å². The Morgan fingerprint density at radius 3 is 2.10 bits per heavy atom. The van der Waals surface area contributed by atoms with E-state index in [9.17, 15) is 0 Å². The molecule has 2 nitrogen and oxygen atoms in total. The van der Waals surface area contributed by atoms with Gasteiger partial charge in [0, 0.05) is 18.8 Å². The summed E-state index contributed by atoms with van der Waals surface area (Å²) in [4.78, 5) is 2.43. The van der Waals surface area contributed by atoms with Gasteiger partial charge in [-0.3, -0.25) is 0 Å². The van der Waals surface area contributed by atoms with Crippen LogP contribution in [0.25, 0.3) is 0 Å². The molecule has 0 saturated carbocycles. The number of hydrogen-bond donors (Lipinski definition) is 1. The molecule has 0 unspecified atom stereocenters. The van der Waals surface area contributed by atoms with Crippen LogP contribution in [0.4, 0.5) is 5.69 Å². The molecule has 112 valence electrons. The van der Waals surface area contributed by atoms with Crippen molar-refractivity contribution in [3.63, 3.8) is 0 Å². The van der Waals surface area contributed by atoms with E-state index in [-0.39, 0.29) is 0 Å². The molecule has 2 N–H and O–H groups in total. The van der Waals surface area contributed by atoms with Gasteiger partial charge in [0.25, 0.3) is 0 Å². The zero-order valence-electron chi connectivity index (χ0n) is 13.4. The molecule has 0 fully saturated rings. The predicted molar refractivity (Wildman–Crippen MR) is 91.8 cm³/mol.